The number of likely N-dealkylation sites (tertiary alicyclic amines) is 1. The molecule has 2 fully saturated rings. The number of nitrogens with zero attached hydrogens (tertiary/aromatic N) is 2. The number of nitrogens with one attached hydrogen (secondary N) is 1. The van der Waals surface area contributed by atoms with E-state index in [1.165, 1.54) is 0 Å². The summed E-state index contributed by atoms with van der Waals surface area (Å²) >= 11 is 0. The zero-order chi connectivity index (χ0) is 20.8. The normalized spacial score (nSPS) is 24.6. The number of fused-ring (bicyclic) bond motifs is 1. The van der Waals surface area contributed by atoms with Crippen LogP contribution in [0.4, 0.5) is 0 Å². The molecular weight excluding hydrogens is 376 g/mol. The SMILES string of the molecule is NC1(CO)CCN(Cc2ccc3c(c2)C(=O)N(C2CCC(=O)NC2=O)C3=O)CC1. The van der Waals surface area contributed by atoms with E-state index in [1.807, 2.05) is 6.07 Å². The third-order valence-corrected chi connectivity index (χ3v) is 6.08. The number of imide groups is 2. The molecule has 0 aliphatic carbocycles. The summed E-state index contributed by atoms with van der Waals surface area (Å²) < 4.78 is 0. The van der Waals surface area contributed by atoms with Crippen LogP contribution in [0.25, 0.3) is 0 Å². The van der Waals surface area contributed by atoms with E-state index in [0.29, 0.717) is 19.4 Å². The summed E-state index contributed by atoms with van der Waals surface area (Å²) in [6, 6.07) is 4.19. The maximum atomic E-state index is 12.9. The third kappa shape index (κ3) is 3.57. The molecule has 0 radical (unpaired) electrons. The molecule has 3 aliphatic rings. The molecule has 1 aromatic carbocycles. The second-order valence-corrected chi connectivity index (χ2v) is 8.12. The Morgan fingerprint density at radius 2 is 1.79 bits per heavy atom. The molecule has 29 heavy (non-hydrogen) atoms. The number of aliphatic hydroxyl groups is 1. The number of benzene rings is 1. The topological polar surface area (TPSA) is 133 Å². The van der Waals surface area contributed by atoms with Gasteiger partial charge >= 0.3 is 0 Å². The third-order valence-electron chi connectivity index (χ3n) is 6.08. The number of nitrogens with two attached hydrogens (primary N) is 1. The highest BCUT2D eigenvalue weighted by molar-refractivity contribution is 6.23. The highest BCUT2D eigenvalue weighted by Crippen LogP contribution is 2.29. The summed E-state index contributed by atoms with van der Waals surface area (Å²) in [4.78, 5) is 52.3. The first-order valence-corrected chi connectivity index (χ1v) is 9.78. The Hall–Kier alpha value is -2.62. The molecule has 2 saturated heterocycles. The summed E-state index contributed by atoms with van der Waals surface area (Å²) in [5.74, 6) is -2.01. The van der Waals surface area contributed by atoms with E-state index < -0.39 is 35.2 Å². The Kier molecular flexibility index (Phi) is 4.97. The highest BCUT2D eigenvalue weighted by atomic mass is 16.3. The predicted octanol–water partition coefficient (Wildman–Crippen LogP) is -0.627. The van der Waals surface area contributed by atoms with Crippen molar-refractivity contribution in [2.45, 2.75) is 43.8 Å². The Morgan fingerprint density at radius 1 is 1.10 bits per heavy atom. The van der Waals surface area contributed by atoms with Gasteiger partial charge in [0.05, 0.1) is 17.7 Å². The molecule has 0 spiro atoms. The first kappa shape index (κ1) is 19.7. The van der Waals surface area contributed by atoms with Gasteiger partial charge in [-0.05, 0) is 37.0 Å². The van der Waals surface area contributed by atoms with Crippen LogP contribution in [-0.2, 0) is 16.1 Å². The fourth-order valence-electron chi connectivity index (χ4n) is 4.19. The number of carbonyl (C=O) groups is 4. The van der Waals surface area contributed by atoms with E-state index in [-0.39, 0.29) is 30.6 Å². The van der Waals surface area contributed by atoms with Crippen LogP contribution in [0.1, 0.15) is 52.0 Å². The molecule has 4 N–H and O–H groups in total. The van der Waals surface area contributed by atoms with Crippen molar-refractivity contribution in [1.29, 1.82) is 0 Å². The zero-order valence-electron chi connectivity index (χ0n) is 16.0. The lowest BCUT2D eigenvalue weighted by molar-refractivity contribution is -0.136. The van der Waals surface area contributed by atoms with Crippen LogP contribution in [0.15, 0.2) is 18.2 Å². The quantitative estimate of drug-likeness (QED) is 0.573. The zero-order valence-corrected chi connectivity index (χ0v) is 16.0. The molecule has 9 heteroatoms. The molecular formula is C20H24N4O5. The Balaban J connectivity index is 1.49. The second-order valence-electron chi connectivity index (χ2n) is 8.12. The van der Waals surface area contributed by atoms with E-state index >= 15 is 0 Å². The maximum Gasteiger partial charge on any atom is 0.262 e. The van der Waals surface area contributed by atoms with Crippen molar-refractivity contribution in [2.75, 3.05) is 19.7 Å². The predicted molar refractivity (Wildman–Crippen MR) is 102 cm³/mol. The summed E-state index contributed by atoms with van der Waals surface area (Å²) in [5, 5.41) is 11.6. The molecule has 0 saturated carbocycles. The summed E-state index contributed by atoms with van der Waals surface area (Å²) in [6.45, 7) is 2.05. The van der Waals surface area contributed by atoms with Crippen molar-refractivity contribution >= 4 is 23.6 Å². The van der Waals surface area contributed by atoms with Crippen molar-refractivity contribution in [3.8, 4) is 0 Å². The molecule has 9 nitrogen and oxygen atoms in total. The number of piperidine rings is 2. The smallest absolute Gasteiger partial charge is 0.262 e. The van der Waals surface area contributed by atoms with Crippen molar-refractivity contribution in [3.63, 3.8) is 0 Å². The lowest BCUT2D eigenvalue weighted by atomic mass is 9.89. The molecule has 3 heterocycles. The van der Waals surface area contributed by atoms with Gasteiger partial charge in [-0.25, -0.2) is 0 Å². The molecule has 1 atom stereocenters. The van der Waals surface area contributed by atoms with Crippen molar-refractivity contribution < 1.29 is 24.3 Å². The van der Waals surface area contributed by atoms with Gasteiger partial charge in [0.1, 0.15) is 6.04 Å². The molecule has 3 aliphatic heterocycles. The van der Waals surface area contributed by atoms with Gasteiger partial charge < -0.3 is 10.8 Å². The summed E-state index contributed by atoms with van der Waals surface area (Å²) in [5.41, 5.74) is 7.04. The van der Waals surface area contributed by atoms with Gasteiger partial charge in [-0.15, -0.1) is 0 Å². The van der Waals surface area contributed by atoms with E-state index in [9.17, 15) is 24.3 Å². The van der Waals surface area contributed by atoms with Crippen LogP contribution in [0.3, 0.4) is 0 Å². The first-order chi connectivity index (χ1) is 13.8. The molecule has 0 bridgehead atoms. The lowest BCUT2D eigenvalue weighted by Gasteiger charge is -2.38. The van der Waals surface area contributed by atoms with E-state index in [0.717, 1.165) is 23.6 Å². The van der Waals surface area contributed by atoms with E-state index in [1.54, 1.807) is 12.1 Å². The van der Waals surface area contributed by atoms with Gasteiger partial charge in [-0.3, -0.25) is 34.3 Å². The molecule has 0 aromatic heterocycles. The highest BCUT2D eigenvalue weighted by Gasteiger charge is 2.44. The number of aliphatic hydroxyl groups excluding tert-OH is 1. The Labute approximate surface area is 167 Å². The standard InChI is InChI=1S/C20H24N4O5/c21-20(11-25)5-7-23(8-6-20)10-12-1-2-13-14(9-12)19(29)24(18(13)28)15-3-4-16(26)22-17(15)27/h1-2,9,15,25H,3-8,10-11,21H2,(H,22,26,27). The minimum absolute atomic E-state index is 0.0352. The van der Waals surface area contributed by atoms with Crippen LogP contribution >= 0.6 is 0 Å². The van der Waals surface area contributed by atoms with Gasteiger partial charge in [0, 0.05) is 31.6 Å². The average Bonchev–Trinajstić information content (AvgIpc) is 2.94. The fourth-order valence-corrected chi connectivity index (χ4v) is 4.19. The minimum Gasteiger partial charge on any atom is -0.394 e. The molecule has 1 aromatic rings. The largest absolute Gasteiger partial charge is 0.394 e. The van der Waals surface area contributed by atoms with Crippen LogP contribution in [0, 0.1) is 0 Å². The maximum absolute atomic E-state index is 12.9. The van der Waals surface area contributed by atoms with Crippen molar-refractivity contribution in [2.24, 2.45) is 5.73 Å². The van der Waals surface area contributed by atoms with Gasteiger partial charge in [-0.2, -0.15) is 0 Å². The monoisotopic (exact) mass is 400 g/mol. The van der Waals surface area contributed by atoms with Gasteiger partial charge in [0.25, 0.3) is 11.8 Å². The number of carbonyl (C=O) groups excluding carboxylic acids is 4. The van der Waals surface area contributed by atoms with E-state index in [2.05, 4.69) is 10.2 Å². The van der Waals surface area contributed by atoms with Gasteiger partial charge in [-0.1, -0.05) is 6.07 Å². The Morgan fingerprint density at radius 3 is 2.45 bits per heavy atom. The number of amides is 4. The number of rotatable bonds is 4. The fraction of sp³-hybridized carbons (Fsp3) is 0.500. The summed E-state index contributed by atoms with van der Waals surface area (Å²) in [7, 11) is 0. The minimum atomic E-state index is -0.957. The van der Waals surface area contributed by atoms with Crippen LogP contribution < -0.4 is 11.1 Å². The van der Waals surface area contributed by atoms with Crippen molar-refractivity contribution in [3.05, 3.63) is 34.9 Å². The molecule has 1 unspecified atom stereocenters. The van der Waals surface area contributed by atoms with Crippen molar-refractivity contribution in [1.82, 2.24) is 15.1 Å². The van der Waals surface area contributed by atoms with Crippen LogP contribution in [0.5, 0.6) is 0 Å². The van der Waals surface area contributed by atoms with E-state index in [4.69, 9.17) is 5.73 Å². The second kappa shape index (κ2) is 7.33. The summed E-state index contributed by atoms with van der Waals surface area (Å²) in [6.07, 6.45) is 1.62. The lowest BCUT2D eigenvalue weighted by Crippen LogP contribution is -2.54. The van der Waals surface area contributed by atoms with Gasteiger partial charge in [0.15, 0.2) is 0 Å². The molecule has 154 valence electrons. The first-order valence-electron chi connectivity index (χ1n) is 9.78. The average molecular weight is 400 g/mol. The van der Waals surface area contributed by atoms with Crippen LogP contribution in [0.2, 0.25) is 0 Å². The Bertz CT molecular complexity index is 891. The number of hydrogen-bond donors (Lipinski definition) is 3. The molecule has 4 amide bonds. The van der Waals surface area contributed by atoms with Crippen LogP contribution in [-0.4, -0.2) is 69.8 Å². The van der Waals surface area contributed by atoms with Gasteiger partial charge in [0.2, 0.25) is 11.8 Å². The molecule has 4 rings (SSSR count). The number of hydrogen-bond acceptors (Lipinski definition) is 7.